The summed E-state index contributed by atoms with van der Waals surface area (Å²) in [6.07, 6.45) is -9.62. The number of carbonyl (C=O) groups excluding carboxylic acids is 1. The Morgan fingerprint density at radius 1 is 0.828 bits per heavy atom. The first-order valence-electron chi connectivity index (χ1n) is 8.18. The minimum Gasteiger partial charge on any atom is -0.389 e. The highest BCUT2D eigenvalue weighted by molar-refractivity contribution is 5.94. The molecule has 0 heterocycles. The quantitative estimate of drug-likeness (QED) is 0.421. The largest absolute Gasteiger partial charge is 0.416 e. The van der Waals surface area contributed by atoms with E-state index in [2.05, 4.69) is 0 Å². The zero-order valence-electron chi connectivity index (χ0n) is 15.7. The van der Waals surface area contributed by atoms with Crippen LogP contribution in [0.5, 0.6) is 0 Å². The second kappa shape index (κ2) is 9.91. The van der Waals surface area contributed by atoms with Crippen molar-refractivity contribution in [3.63, 3.8) is 0 Å². The van der Waals surface area contributed by atoms with Crippen molar-refractivity contribution in [3.05, 3.63) is 69.8 Å². The molecule has 2 aromatic rings. The van der Waals surface area contributed by atoms with Crippen molar-refractivity contribution in [1.82, 2.24) is 0 Å². The summed E-state index contributed by atoms with van der Waals surface area (Å²) in [5.74, 6) is -0.362. The second-order valence-corrected chi connectivity index (χ2v) is 6.45. The Morgan fingerprint density at radius 3 is 1.62 bits per heavy atom. The van der Waals surface area contributed by atoms with E-state index in [1.54, 1.807) is 13.0 Å². The minimum absolute atomic E-state index is 0. The van der Waals surface area contributed by atoms with Crippen LogP contribution in [-0.2, 0) is 12.4 Å². The van der Waals surface area contributed by atoms with Gasteiger partial charge in [-0.25, -0.2) is 0 Å². The molecule has 8 heteroatoms. The van der Waals surface area contributed by atoms with Gasteiger partial charge in [0.15, 0.2) is 5.78 Å². The number of alkyl halides is 6. The zero-order chi connectivity index (χ0) is 21.9. The normalized spacial score (nSPS) is 12.4. The molecule has 29 heavy (non-hydrogen) atoms. The van der Waals surface area contributed by atoms with Crippen molar-refractivity contribution in [2.75, 3.05) is 0 Å². The van der Waals surface area contributed by atoms with Crippen LogP contribution in [0.25, 0.3) is 0 Å². The van der Waals surface area contributed by atoms with Crippen molar-refractivity contribution < 1.29 is 36.2 Å². The molecule has 0 aliphatic rings. The lowest BCUT2D eigenvalue weighted by Crippen LogP contribution is -2.07. The molecule has 0 unspecified atom stereocenters. The minimum atomic E-state index is -4.39. The van der Waals surface area contributed by atoms with Crippen LogP contribution in [0.4, 0.5) is 26.3 Å². The fraction of sp³-hybridized carbons (Fsp3) is 0.381. The average molecular weight is 422 g/mol. The van der Waals surface area contributed by atoms with Crippen molar-refractivity contribution >= 4 is 5.78 Å². The van der Waals surface area contributed by atoms with Gasteiger partial charge in [0.25, 0.3) is 0 Å². The lowest BCUT2D eigenvalue weighted by Gasteiger charge is -2.11. The number of Topliss-reactive ketones (excluding diaryl/α,β-unsaturated/α-hetero) is 1. The van der Waals surface area contributed by atoms with Gasteiger partial charge in [0.1, 0.15) is 0 Å². The van der Waals surface area contributed by atoms with E-state index in [0.29, 0.717) is 11.1 Å². The number of hydrogen-bond donors (Lipinski definition) is 1. The van der Waals surface area contributed by atoms with Gasteiger partial charge < -0.3 is 5.11 Å². The van der Waals surface area contributed by atoms with E-state index in [1.807, 2.05) is 0 Å². The van der Waals surface area contributed by atoms with Crippen LogP contribution >= 0.6 is 0 Å². The standard InChI is InChI=1S/C10H11F3O.C10H9F3O.CH4/c2*1-6-3-8(7(2)14)5-9(4-6)10(11,12)13;/h3-5,7,14H,1-2H3;3-5H,1-2H3;1H4/t7-;;/m0../s1. The van der Waals surface area contributed by atoms with Gasteiger partial charge in [-0.3, -0.25) is 4.79 Å². The van der Waals surface area contributed by atoms with E-state index < -0.39 is 29.6 Å². The first-order valence-corrected chi connectivity index (χ1v) is 8.18. The molecular formula is C21H24F6O2. The Bertz CT molecular complexity index is 836. The molecular weight excluding hydrogens is 398 g/mol. The summed E-state index contributed by atoms with van der Waals surface area (Å²) in [7, 11) is 0. The summed E-state index contributed by atoms with van der Waals surface area (Å²) in [5, 5.41) is 9.17. The van der Waals surface area contributed by atoms with Gasteiger partial charge in [0.05, 0.1) is 17.2 Å². The highest BCUT2D eigenvalue weighted by Gasteiger charge is 2.31. The van der Waals surface area contributed by atoms with Gasteiger partial charge in [0.2, 0.25) is 0 Å². The summed E-state index contributed by atoms with van der Waals surface area (Å²) >= 11 is 0. The smallest absolute Gasteiger partial charge is 0.389 e. The number of aliphatic hydroxyl groups excluding tert-OH is 1. The predicted molar refractivity (Wildman–Crippen MR) is 99.7 cm³/mol. The lowest BCUT2D eigenvalue weighted by atomic mass is 10.0. The molecule has 2 nitrogen and oxygen atoms in total. The number of aliphatic hydroxyl groups is 1. The number of aryl methyl sites for hydroxylation is 2. The monoisotopic (exact) mass is 422 g/mol. The molecule has 2 rings (SSSR count). The fourth-order valence-electron chi connectivity index (χ4n) is 2.37. The van der Waals surface area contributed by atoms with Gasteiger partial charge in [-0.2, -0.15) is 26.3 Å². The van der Waals surface area contributed by atoms with E-state index in [0.717, 1.165) is 24.3 Å². The molecule has 162 valence electrons. The fourth-order valence-corrected chi connectivity index (χ4v) is 2.37. The topological polar surface area (TPSA) is 37.3 Å². The van der Waals surface area contributed by atoms with Gasteiger partial charge >= 0.3 is 12.4 Å². The van der Waals surface area contributed by atoms with Crippen LogP contribution in [0.15, 0.2) is 36.4 Å². The van der Waals surface area contributed by atoms with Gasteiger partial charge in [-0.05, 0) is 69.2 Å². The molecule has 0 fully saturated rings. The maximum absolute atomic E-state index is 12.3. The Kier molecular flexibility index (Phi) is 9.11. The van der Waals surface area contributed by atoms with Gasteiger partial charge in [-0.1, -0.05) is 19.1 Å². The molecule has 0 aromatic heterocycles. The summed E-state index contributed by atoms with van der Waals surface area (Å²) in [5.41, 5.74) is -0.175. The number of rotatable bonds is 2. The van der Waals surface area contributed by atoms with E-state index >= 15 is 0 Å². The van der Waals surface area contributed by atoms with E-state index in [-0.39, 0.29) is 24.3 Å². The molecule has 0 radical (unpaired) electrons. The van der Waals surface area contributed by atoms with Crippen molar-refractivity contribution in [2.45, 2.75) is 53.6 Å². The molecule has 0 aliphatic heterocycles. The van der Waals surface area contributed by atoms with Crippen LogP contribution in [-0.4, -0.2) is 10.9 Å². The van der Waals surface area contributed by atoms with Crippen LogP contribution in [0.2, 0.25) is 0 Å². The maximum atomic E-state index is 12.3. The Hall–Kier alpha value is -2.35. The Balaban J connectivity index is 0.000000523. The summed E-state index contributed by atoms with van der Waals surface area (Å²) < 4.78 is 73.9. The van der Waals surface area contributed by atoms with Crippen molar-refractivity contribution in [1.29, 1.82) is 0 Å². The third kappa shape index (κ3) is 8.27. The van der Waals surface area contributed by atoms with Gasteiger partial charge in [-0.15, -0.1) is 0 Å². The second-order valence-electron chi connectivity index (χ2n) is 6.45. The zero-order valence-corrected chi connectivity index (χ0v) is 15.7. The molecule has 0 spiro atoms. The van der Waals surface area contributed by atoms with Gasteiger partial charge in [0, 0.05) is 5.56 Å². The average Bonchev–Trinajstić information content (AvgIpc) is 2.52. The number of halogens is 6. The third-order valence-corrected chi connectivity index (χ3v) is 3.72. The SMILES string of the molecule is C.CC(=O)c1cc(C)cc(C(F)(F)F)c1.Cc1cc([C@H](C)O)cc(C(F)(F)F)c1. The van der Waals surface area contributed by atoms with Crippen LogP contribution in [0.1, 0.15) is 65.6 Å². The highest BCUT2D eigenvalue weighted by atomic mass is 19.4. The maximum Gasteiger partial charge on any atom is 0.416 e. The van der Waals surface area contributed by atoms with E-state index in [1.165, 1.54) is 26.8 Å². The van der Waals surface area contributed by atoms with Crippen LogP contribution in [0.3, 0.4) is 0 Å². The number of benzene rings is 2. The number of hydrogen-bond acceptors (Lipinski definition) is 2. The first kappa shape index (κ1) is 26.6. The first-order chi connectivity index (χ1) is 12.6. The molecule has 2 aromatic carbocycles. The highest BCUT2D eigenvalue weighted by Crippen LogP contribution is 2.32. The van der Waals surface area contributed by atoms with Crippen LogP contribution in [0, 0.1) is 13.8 Å². The van der Waals surface area contributed by atoms with Crippen LogP contribution < -0.4 is 0 Å². The predicted octanol–water partition coefficient (Wildman–Crippen LogP) is 6.92. The number of carbonyl (C=O) groups is 1. The summed E-state index contributed by atoms with van der Waals surface area (Å²) in [4.78, 5) is 10.9. The Morgan fingerprint density at radius 2 is 1.24 bits per heavy atom. The summed E-state index contributed by atoms with van der Waals surface area (Å²) in [6, 6.07) is 6.91. The molecule has 0 aliphatic carbocycles. The van der Waals surface area contributed by atoms with E-state index in [9.17, 15) is 36.2 Å². The Labute approximate surface area is 166 Å². The molecule has 1 atom stereocenters. The lowest BCUT2D eigenvalue weighted by molar-refractivity contribution is -0.138. The molecule has 0 amide bonds. The van der Waals surface area contributed by atoms with Crippen molar-refractivity contribution in [3.8, 4) is 0 Å². The number of ketones is 1. The third-order valence-electron chi connectivity index (χ3n) is 3.72. The molecule has 1 N–H and O–H groups in total. The van der Waals surface area contributed by atoms with E-state index in [4.69, 9.17) is 0 Å². The molecule has 0 saturated heterocycles. The molecule has 0 saturated carbocycles. The molecule has 0 bridgehead atoms. The van der Waals surface area contributed by atoms with Crippen molar-refractivity contribution in [2.24, 2.45) is 0 Å². The summed E-state index contributed by atoms with van der Waals surface area (Å²) in [6.45, 7) is 5.78.